The van der Waals surface area contributed by atoms with Gasteiger partial charge in [0.1, 0.15) is 19.3 Å². The molecular weight excluding hydrogens is 1200 g/mol. The topological polar surface area (TPSA) is 237 Å². The summed E-state index contributed by atoms with van der Waals surface area (Å²) < 4.78 is 68.4. The Hall–Kier alpha value is -1.94. The molecule has 0 aromatic heterocycles. The number of carbonyl (C=O) groups is 4. The molecule has 0 heterocycles. The van der Waals surface area contributed by atoms with E-state index in [1.165, 1.54) is 186 Å². The predicted molar refractivity (Wildman–Crippen MR) is 368 cm³/mol. The molecule has 5 atom stereocenters. The maximum absolute atomic E-state index is 13.0. The van der Waals surface area contributed by atoms with E-state index in [4.69, 9.17) is 37.0 Å². The normalized spacial score (nSPS) is 14.1. The van der Waals surface area contributed by atoms with Crippen molar-refractivity contribution in [3.05, 3.63) is 0 Å². The molecule has 0 aromatic rings. The van der Waals surface area contributed by atoms with Crippen molar-refractivity contribution in [2.45, 2.75) is 387 Å². The van der Waals surface area contributed by atoms with Crippen LogP contribution < -0.4 is 0 Å². The van der Waals surface area contributed by atoms with Crippen molar-refractivity contribution in [3.63, 3.8) is 0 Å². The van der Waals surface area contributed by atoms with Crippen LogP contribution in [0.4, 0.5) is 0 Å². The first-order valence-corrected chi connectivity index (χ1v) is 40.5. The van der Waals surface area contributed by atoms with Crippen LogP contribution in [0.1, 0.15) is 369 Å². The second kappa shape index (κ2) is 64.1. The molecule has 0 fully saturated rings. The molecule has 0 bridgehead atoms. The average Bonchev–Trinajstić information content (AvgIpc) is 3.46. The Bertz CT molecular complexity index is 1770. The zero-order chi connectivity index (χ0) is 67.2. The molecule has 0 spiro atoms. The van der Waals surface area contributed by atoms with Crippen LogP contribution in [0.15, 0.2) is 0 Å². The molecule has 91 heavy (non-hydrogen) atoms. The number of esters is 4. The van der Waals surface area contributed by atoms with Crippen molar-refractivity contribution in [3.8, 4) is 0 Å². The Morgan fingerprint density at radius 2 is 0.505 bits per heavy atom. The highest BCUT2D eigenvalue weighted by Crippen LogP contribution is 2.45. The Labute approximate surface area is 556 Å². The van der Waals surface area contributed by atoms with E-state index < -0.39 is 97.5 Å². The summed E-state index contributed by atoms with van der Waals surface area (Å²) in [5, 5.41) is 10.6. The summed E-state index contributed by atoms with van der Waals surface area (Å²) in [6, 6.07) is 0. The first-order chi connectivity index (χ1) is 43.9. The lowest BCUT2D eigenvalue weighted by molar-refractivity contribution is -0.161. The molecule has 2 unspecified atom stereocenters. The lowest BCUT2D eigenvalue weighted by Gasteiger charge is -2.21. The van der Waals surface area contributed by atoms with Crippen LogP contribution in [0.5, 0.6) is 0 Å². The van der Waals surface area contributed by atoms with E-state index in [9.17, 15) is 43.2 Å². The van der Waals surface area contributed by atoms with Gasteiger partial charge in [0.05, 0.1) is 26.4 Å². The van der Waals surface area contributed by atoms with Crippen molar-refractivity contribution in [2.75, 3.05) is 39.6 Å². The highest BCUT2D eigenvalue weighted by Gasteiger charge is 2.30. The standard InChI is InChI=1S/C72H140O17P2/c1-7-9-11-13-15-17-19-21-22-23-25-31-39-45-51-57-72(77)88-67(60-82-69(74)54-48-42-36-29-27-26-28-34-40-46-52-64(3)4)62-86-90(78,79)84-58-66(73)59-85-91(80,81)87-63-68(61-83-70(75)55-49-43-37-33-32-35-41-47-53-65(5)6)89-71(76)56-50-44-38-30-24-20-18-16-14-12-10-8-2/h64-68,73H,7-63H2,1-6H3,(H,78,79)(H,80,81)/t66-,67-,68-/m1/s1. The minimum Gasteiger partial charge on any atom is -0.462 e. The summed E-state index contributed by atoms with van der Waals surface area (Å²) in [7, 11) is -9.90. The molecule has 0 aliphatic rings. The zero-order valence-corrected chi connectivity index (χ0v) is 60.9. The van der Waals surface area contributed by atoms with Gasteiger partial charge < -0.3 is 33.8 Å². The number of carbonyl (C=O) groups excluding carboxylic acids is 4. The minimum atomic E-state index is -4.95. The Morgan fingerprint density at radius 1 is 0.297 bits per heavy atom. The highest BCUT2D eigenvalue weighted by atomic mass is 31.2. The fourth-order valence-electron chi connectivity index (χ4n) is 10.9. The monoisotopic (exact) mass is 1340 g/mol. The van der Waals surface area contributed by atoms with Gasteiger partial charge in [0.15, 0.2) is 12.2 Å². The molecular formula is C72H140O17P2. The number of ether oxygens (including phenoxy) is 4. The van der Waals surface area contributed by atoms with Crippen molar-refractivity contribution in [2.24, 2.45) is 11.8 Å². The molecule has 0 aliphatic carbocycles. The molecule has 540 valence electrons. The third kappa shape index (κ3) is 66.5. The van der Waals surface area contributed by atoms with Gasteiger partial charge >= 0.3 is 39.5 Å². The number of aliphatic hydroxyl groups is 1. The van der Waals surface area contributed by atoms with Crippen LogP contribution in [0, 0.1) is 11.8 Å². The summed E-state index contributed by atoms with van der Waals surface area (Å²) in [4.78, 5) is 72.6. The van der Waals surface area contributed by atoms with Gasteiger partial charge in [0.25, 0.3) is 0 Å². The van der Waals surface area contributed by atoms with E-state index in [0.717, 1.165) is 102 Å². The second-order valence-electron chi connectivity index (χ2n) is 26.9. The molecule has 0 saturated carbocycles. The molecule has 0 saturated heterocycles. The van der Waals surface area contributed by atoms with Gasteiger partial charge in [-0.2, -0.15) is 0 Å². The largest absolute Gasteiger partial charge is 0.472 e. The SMILES string of the molecule is CCCCCCCCCCCCCCCCCC(=O)O[C@H](COC(=O)CCCCCCCCCCCCC(C)C)COP(=O)(O)OC[C@@H](O)COP(=O)(O)OC[C@@H](COC(=O)CCCCCCCCCCC(C)C)OC(=O)CCCCCCCCCCCCCC. The first-order valence-electron chi connectivity index (χ1n) is 37.5. The fourth-order valence-corrected chi connectivity index (χ4v) is 12.5. The summed E-state index contributed by atoms with van der Waals surface area (Å²) in [6.07, 6.45) is 49.8. The molecule has 3 N–H and O–H groups in total. The van der Waals surface area contributed by atoms with Gasteiger partial charge in [-0.15, -0.1) is 0 Å². The lowest BCUT2D eigenvalue weighted by atomic mass is 10.0. The third-order valence-corrected chi connectivity index (χ3v) is 18.6. The summed E-state index contributed by atoms with van der Waals surface area (Å²) in [5.74, 6) is -0.634. The number of aliphatic hydroxyl groups excluding tert-OH is 1. The van der Waals surface area contributed by atoms with Gasteiger partial charge in [0, 0.05) is 25.7 Å². The van der Waals surface area contributed by atoms with Crippen molar-refractivity contribution in [1.29, 1.82) is 0 Å². The molecule has 17 nitrogen and oxygen atoms in total. The van der Waals surface area contributed by atoms with Crippen LogP contribution in [0.2, 0.25) is 0 Å². The van der Waals surface area contributed by atoms with Crippen LogP contribution in [0.3, 0.4) is 0 Å². The van der Waals surface area contributed by atoms with E-state index in [2.05, 4.69) is 41.5 Å². The Balaban J connectivity index is 5.26. The van der Waals surface area contributed by atoms with E-state index in [0.29, 0.717) is 25.7 Å². The van der Waals surface area contributed by atoms with E-state index >= 15 is 0 Å². The molecule has 0 radical (unpaired) electrons. The van der Waals surface area contributed by atoms with Gasteiger partial charge in [-0.3, -0.25) is 37.3 Å². The predicted octanol–water partition coefficient (Wildman–Crippen LogP) is 20.8. The fraction of sp³-hybridized carbons (Fsp3) is 0.944. The molecule has 19 heteroatoms. The number of phosphoric ester groups is 2. The molecule has 0 rings (SSSR count). The molecule has 0 amide bonds. The number of rotatable bonds is 71. The van der Waals surface area contributed by atoms with Crippen molar-refractivity contribution in [1.82, 2.24) is 0 Å². The Morgan fingerprint density at radius 3 is 0.747 bits per heavy atom. The van der Waals surface area contributed by atoms with Crippen LogP contribution in [-0.4, -0.2) is 96.7 Å². The van der Waals surface area contributed by atoms with Crippen LogP contribution in [0.25, 0.3) is 0 Å². The summed E-state index contributed by atoms with van der Waals surface area (Å²) in [5.41, 5.74) is 0. The lowest BCUT2D eigenvalue weighted by Crippen LogP contribution is -2.30. The first kappa shape index (κ1) is 89.1. The average molecular weight is 1340 g/mol. The number of hydrogen-bond acceptors (Lipinski definition) is 15. The number of hydrogen-bond donors (Lipinski definition) is 3. The van der Waals surface area contributed by atoms with Gasteiger partial charge in [-0.05, 0) is 37.5 Å². The highest BCUT2D eigenvalue weighted by molar-refractivity contribution is 7.47. The van der Waals surface area contributed by atoms with Crippen LogP contribution in [-0.2, 0) is 65.4 Å². The third-order valence-electron chi connectivity index (χ3n) is 16.7. The molecule has 0 aliphatic heterocycles. The summed E-state index contributed by atoms with van der Waals surface area (Å²) >= 11 is 0. The summed E-state index contributed by atoms with van der Waals surface area (Å²) in [6.45, 7) is 9.53. The minimum absolute atomic E-state index is 0.107. The number of phosphoric acid groups is 2. The Kier molecular flexibility index (Phi) is 62.7. The van der Waals surface area contributed by atoms with Crippen molar-refractivity contribution < 1.29 is 80.2 Å². The maximum Gasteiger partial charge on any atom is 0.472 e. The van der Waals surface area contributed by atoms with Gasteiger partial charge in [0.2, 0.25) is 0 Å². The maximum atomic E-state index is 13.0. The van der Waals surface area contributed by atoms with Crippen molar-refractivity contribution >= 4 is 39.5 Å². The van der Waals surface area contributed by atoms with Crippen LogP contribution >= 0.6 is 15.6 Å². The quantitative estimate of drug-likeness (QED) is 0.0222. The molecule has 0 aromatic carbocycles. The van der Waals surface area contributed by atoms with E-state index in [1.807, 2.05) is 0 Å². The van der Waals surface area contributed by atoms with Gasteiger partial charge in [-0.25, -0.2) is 9.13 Å². The van der Waals surface area contributed by atoms with Gasteiger partial charge in [-0.1, -0.05) is 318 Å². The zero-order valence-electron chi connectivity index (χ0n) is 59.1. The smallest absolute Gasteiger partial charge is 0.462 e. The van der Waals surface area contributed by atoms with E-state index in [-0.39, 0.29) is 25.7 Å². The number of unbranched alkanes of at least 4 members (excludes halogenated alkanes) is 41. The second-order valence-corrected chi connectivity index (χ2v) is 29.8. The van der Waals surface area contributed by atoms with E-state index in [1.54, 1.807) is 0 Å².